The van der Waals surface area contributed by atoms with E-state index in [-0.39, 0.29) is 5.60 Å². The van der Waals surface area contributed by atoms with E-state index >= 15 is 0 Å². The van der Waals surface area contributed by atoms with Gasteiger partial charge in [-0.15, -0.1) is 0 Å². The molecule has 20 heavy (non-hydrogen) atoms. The molecule has 1 heterocycles. The van der Waals surface area contributed by atoms with Crippen LogP contribution in [0.5, 0.6) is 11.5 Å². The lowest BCUT2D eigenvalue weighted by molar-refractivity contribution is -0.00263. The van der Waals surface area contributed by atoms with Crippen LogP contribution in [0.4, 0.5) is 0 Å². The molecule has 1 aromatic rings. The standard InChI is InChI=1S/C15H22N2O3/c1-12-10-15(2,20-17-12)11-16-8-9-19-14-7-5-4-6-13(14)18-3/h4-7,16H,8-11H2,1-3H3/t15-/m1/s1. The molecule has 1 aliphatic heterocycles. The molecule has 0 spiro atoms. The lowest BCUT2D eigenvalue weighted by Gasteiger charge is -2.21. The lowest BCUT2D eigenvalue weighted by Crippen LogP contribution is -2.39. The zero-order valence-electron chi connectivity index (χ0n) is 12.3. The van der Waals surface area contributed by atoms with E-state index in [1.807, 2.05) is 31.2 Å². The first-order valence-electron chi connectivity index (χ1n) is 6.81. The minimum atomic E-state index is -0.228. The SMILES string of the molecule is COc1ccccc1OCCNC[C@@]1(C)CC(C)=NO1. The van der Waals surface area contributed by atoms with Crippen LogP contribution in [0.15, 0.2) is 29.4 Å². The van der Waals surface area contributed by atoms with Gasteiger partial charge < -0.3 is 19.6 Å². The van der Waals surface area contributed by atoms with Gasteiger partial charge in [0.05, 0.1) is 12.8 Å². The molecule has 1 aliphatic rings. The Morgan fingerprint density at radius 2 is 2.10 bits per heavy atom. The van der Waals surface area contributed by atoms with E-state index in [4.69, 9.17) is 14.3 Å². The molecule has 5 heteroatoms. The van der Waals surface area contributed by atoms with Crippen LogP contribution in [0.1, 0.15) is 20.3 Å². The molecule has 5 nitrogen and oxygen atoms in total. The molecule has 0 aromatic heterocycles. The molecule has 1 atom stereocenters. The van der Waals surface area contributed by atoms with Crippen molar-refractivity contribution >= 4 is 5.71 Å². The Morgan fingerprint density at radius 3 is 2.75 bits per heavy atom. The molecule has 0 fully saturated rings. The average Bonchev–Trinajstić information content (AvgIpc) is 2.79. The fourth-order valence-corrected chi connectivity index (χ4v) is 2.21. The summed E-state index contributed by atoms with van der Waals surface area (Å²) in [5, 5.41) is 7.32. The Morgan fingerprint density at radius 1 is 1.35 bits per heavy atom. The third-order valence-electron chi connectivity index (χ3n) is 3.16. The summed E-state index contributed by atoms with van der Waals surface area (Å²) in [7, 11) is 1.64. The van der Waals surface area contributed by atoms with Gasteiger partial charge in [0, 0.05) is 19.5 Å². The molecule has 0 amide bonds. The maximum absolute atomic E-state index is 5.69. The van der Waals surface area contributed by atoms with Crippen molar-refractivity contribution in [2.24, 2.45) is 5.16 Å². The third-order valence-corrected chi connectivity index (χ3v) is 3.16. The first-order chi connectivity index (χ1) is 9.63. The average molecular weight is 278 g/mol. The van der Waals surface area contributed by atoms with E-state index in [0.29, 0.717) is 6.61 Å². The van der Waals surface area contributed by atoms with Gasteiger partial charge in [0.1, 0.15) is 6.61 Å². The highest BCUT2D eigenvalue weighted by Gasteiger charge is 2.31. The van der Waals surface area contributed by atoms with Crippen molar-refractivity contribution in [2.45, 2.75) is 25.9 Å². The zero-order chi connectivity index (χ0) is 14.4. The lowest BCUT2D eigenvalue weighted by atomic mass is 10.0. The van der Waals surface area contributed by atoms with Crippen molar-refractivity contribution in [3.63, 3.8) is 0 Å². The molecule has 0 saturated heterocycles. The van der Waals surface area contributed by atoms with Crippen molar-refractivity contribution in [3.05, 3.63) is 24.3 Å². The number of hydrogen-bond donors (Lipinski definition) is 1. The number of oxime groups is 1. The van der Waals surface area contributed by atoms with Gasteiger partial charge in [-0.25, -0.2) is 0 Å². The maximum Gasteiger partial charge on any atom is 0.161 e. The number of rotatable bonds is 7. The molecule has 2 rings (SSSR count). The fourth-order valence-electron chi connectivity index (χ4n) is 2.21. The van der Waals surface area contributed by atoms with Crippen LogP contribution in [0, 0.1) is 0 Å². The van der Waals surface area contributed by atoms with E-state index in [2.05, 4.69) is 17.4 Å². The Bertz CT molecular complexity index is 476. The molecule has 1 N–H and O–H groups in total. The van der Waals surface area contributed by atoms with E-state index in [9.17, 15) is 0 Å². The van der Waals surface area contributed by atoms with Gasteiger partial charge in [0.15, 0.2) is 17.1 Å². The van der Waals surface area contributed by atoms with Crippen LogP contribution in [0.2, 0.25) is 0 Å². The normalized spacial score (nSPS) is 21.2. The van der Waals surface area contributed by atoms with Crippen molar-refractivity contribution in [3.8, 4) is 11.5 Å². The Hall–Kier alpha value is -1.75. The minimum Gasteiger partial charge on any atom is -0.493 e. The van der Waals surface area contributed by atoms with Crippen LogP contribution in [-0.4, -0.2) is 38.1 Å². The summed E-state index contributed by atoms with van der Waals surface area (Å²) in [5.41, 5.74) is 0.814. The van der Waals surface area contributed by atoms with Gasteiger partial charge in [0.2, 0.25) is 0 Å². The highest BCUT2D eigenvalue weighted by atomic mass is 16.7. The monoisotopic (exact) mass is 278 g/mol. The number of ether oxygens (including phenoxy) is 2. The molecular formula is C15H22N2O3. The number of hydrogen-bond acceptors (Lipinski definition) is 5. The van der Waals surface area contributed by atoms with Gasteiger partial charge in [-0.3, -0.25) is 0 Å². The largest absolute Gasteiger partial charge is 0.493 e. The molecule has 0 radical (unpaired) electrons. The van der Waals surface area contributed by atoms with Gasteiger partial charge in [-0.1, -0.05) is 17.3 Å². The predicted octanol–water partition coefficient (Wildman–Crippen LogP) is 2.22. The van der Waals surface area contributed by atoms with Crippen molar-refractivity contribution < 1.29 is 14.3 Å². The Kier molecular flexibility index (Phi) is 4.84. The maximum atomic E-state index is 5.69. The highest BCUT2D eigenvalue weighted by Crippen LogP contribution is 2.25. The first kappa shape index (κ1) is 14.7. The van der Waals surface area contributed by atoms with E-state index < -0.39 is 0 Å². The van der Waals surface area contributed by atoms with Crippen molar-refractivity contribution in [1.29, 1.82) is 0 Å². The topological polar surface area (TPSA) is 52.1 Å². The second kappa shape index (κ2) is 6.61. The second-order valence-electron chi connectivity index (χ2n) is 5.22. The van der Waals surface area contributed by atoms with Crippen LogP contribution < -0.4 is 14.8 Å². The van der Waals surface area contributed by atoms with Gasteiger partial charge in [-0.2, -0.15) is 0 Å². The smallest absolute Gasteiger partial charge is 0.161 e. The Balaban J connectivity index is 1.67. The van der Waals surface area contributed by atoms with Gasteiger partial charge >= 0.3 is 0 Å². The first-order valence-corrected chi connectivity index (χ1v) is 6.81. The predicted molar refractivity (Wildman–Crippen MR) is 78.6 cm³/mol. The van der Waals surface area contributed by atoms with E-state index in [1.165, 1.54) is 0 Å². The summed E-state index contributed by atoms with van der Waals surface area (Å²) < 4.78 is 10.9. The molecule has 0 bridgehead atoms. The molecule has 0 unspecified atom stereocenters. The minimum absolute atomic E-state index is 0.228. The van der Waals surface area contributed by atoms with Gasteiger partial charge in [-0.05, 0) is 26.0 Å². The second-order valence-corrected chi connectivity index (χ2v) is 5.22. The number of para-hydroxylation sites is 2. The van der Waals surface area contributed by atoms with Crippen molar-refractivity contribution in [2.75, 3.05) is 26.8 Å². The highest BCUT2D eigenvalue weighted by molar-refractivity contribution is 5.83. The zero-order valence-corrected chi connectivity index (χ0v) is 12.3. The Labute approximate surface area is 119 Å². The summed E-state index contributed by atoms with van der Waals surface area (Å²) in [4.78, 5) is 5.42. The molecule has 110 valence electrons. The summed E-state index contributed by atoms with van der Waals surface area (Å²) in [6.45, 7) is 6.12. The summed E-state index contributed by atoms with van der Waals surface area (Å²) in [6, 6.07) is 7.64. The number of nitrogens with zero attached hydrogens (tertiary/aromatic N) is 1. The van der Waals surface area contributed by atoms with Crippen molar-refractivity contribution in [1.82, 2.24) is 5.32 Å². The summed E-state index contributed by atoms with van der Waals surface area (Å²) in [5.74, 6) is 1.52. The quantitative estimate of drug-likeness (QED) is 0.777. The number of methoxy groups -OCH3 is 1. The van der Waals surface area contributed by atoms with Crippen LogP contribution in [0.25, 0.3) is 0 Å². The van der Waals surface area contributed by atoms with E-state index in [1.54, 1.807) is 7.11 Å². The molecular weight excluding hydrogens is 256 g/mol. The van der Waals surface area contributed by atoms with E-state index in [0.717, 1.165) is 36.7 Å². The number of nitrogens with one attached hydrogen (secondary N) is 1. The fraction of sp³-hybridized carbons (Fsp3) is 0.533. The molecule has 0 saturated carbocycles. The third kappa shape index (κ3) is 3.87. The number of benzene rings is 1. The molecule has 1 aromatic carbocycles. The van der Waals surface area contributed by atoms with Gasteiger partial charge in [0.25, 0.3) is 0 Å². The summed E-state index contributed by atoms with van der Waals surface area (Å²) in [6.07, 6.45) is 0.868. The van der Waals surface area contributed by atoms with Crippen LogP contribution in [0.3, 0.4) is 0 Å². The van der Waals surface area contributed by atoms with Crippen LogP contribution >= 0.6 is 0 Å². The summed E-state index contributed by atoms with van der Waals surface area (Å²) >= 11 is 0. The van der Waals surface area contributed by atoms with Crippen LogP contribution in [-0.2, 0) is 4.84 Å². The molecule has 0 aliphatic carbocycles.